The summed E-state index contributed by atoms with van der Waals surface area (Å²) >= 11 is 0. The number of allylic oxidation sites excluding steroid dienone is 10. The van der Waals surface area contributed by atoms with Gasteiger partial charge in [0.05, 0.1) is 0 Å². The standard InChI is InChI=1S/C52H90O6/c1-4-7-10-13-16-19-22-25-26-28-30-33-36-39-42-45-51(54)57-48-49(47-56-50(53)44-41-38-35-32-29-24-21-18-15-12-9-6-3)58-52(55)46-43-40-37-34-31-27-23-20-17-14-11-8-5-2/h8,11,14,16-17,19-20,22-23,25,49H,4-7,9-10,12-13,15,18,21,24,26-48H2,1-3H3/b11-8-,17-14-,19-16-,23-20-,25-22-. The summed E-state index contributed by atoms with van der Waals surface area (Å²) in [6, 6.07) is 0. The third kappa shape index (κ3) is 44.2. The minimum atomic E-state index is -0.786. The van der Waals surface area contributed by atoms with Crippen molar-refractivity contribution in [1.29, 1.82) is 0 Å². The van der Waals surface area contributed by atoms with Gasteiger partial charge in [-0.1, -0.05) is 210 Å². The van der Waals surface area contributed by atoms with Gasteiger partial charge in [-0.25, -0.2) is 0 Å². The summed E-state index contributed by atoms with van der Waals surface area (Å²) in [5.74, 6) is -0.917. The second kappa shape index (κ2) is 46.8. The zero-order chi connectivity index (χ0) is 42.3. The van der Waals surface area contributed by atoms with E-state index in [0.717, 1.165) is 89.9 Å². The van der Waals surface area contributed by atoms with Crippen molar-refractivity contribution in [2.75, 3.05) is 13.2 Å². The second-order valence-electron chi connectivity index (χ2n) is 16.1. The van der Waals surface area contributed by atoms with Crippen molar-refractivity contribution < 1.29 is 28.6 Å². The van der Waals surface area contributed by atoms with Crippen LogP contribution in [-0.2, 0) is 28.6 Å². The van der Waals surface area contributed by atoms with Gasteiger partial charge in [0.2, 0.25) is 0 Å². The summed E-state index contributed by atoms with van der Waals surface area (Å²) in [6.07, 6.45) is 56.2. The van der Waals surface area contributed by atoms with E-state index in [2.05, 4.69) is 81.5 Å². The molecule has 6 nitrogen and oxygen atoms in total. The predicted molar refractivity (Wildman–Crippen MR) is 247 cm³/mol. The van der Waals surface area contributed by atoms with Gasteiger partial charge in [-0.05, 0) is 64.2 Å². The van der Waals surface area contributed by atoms with Crippen LogP contribution in [-0.4, -0.2) is 37.2 Å². The van der Waals surface area contributed by atoms with Crippen molar-refractivity contribution >= 4 is 17.9 Å². The van der Waals surface area contributed by atoms with E-state index >= 15 is 0 Å². The highest BCUT2D eigenvalue weighted by atomic mass is 16.6. The molecule has 1 atom stereocenters. The molecule has 0 aliphatic carbocycles. The Morgan fingerprint density at radius 2 is 0.672 bits per heavy atom. The smallest absolute Gasteiger partial charge is 0.306 e. The molecular weight excluding hydrogens is 721 g/mol. The van der Waals surface area contributed by atoms with Crippen molar-refractivity contribution in [3.8, 4) is 0 Å². The van der Waals surface area contributed by atoms with Gasteiger partial charge in [-0.3, -0.25) is 14.4 Å². The van der Waals surface area contributed by atoms with Crippen molar-refractivity contribution in [3.05, 3.63) is 60.8 Å². The maximum Gasteiger partial charge on any atom is 0.306 e. The van der Waals surface area contributed by atoms with Gasteiger partial charge in [0.1, 0.15) is 13.2 Å². The van der Waals surface area contributed by atoms with Crippen LogP contribution in [0.25, 0.3) is 0 Å². The van der Waals surface area contributed by atoms with Gasteiger partial charge in [-0.2, -0.15) is 0 Å². The number of hydrogen-bond acceptors (Lipinski definition) is 6. The van der Waals surface area contributed by atoms with Crippen LogP contribution in [0.3, 0.4) is 0 Å². The van der Waals surface area contributed by atoms with Crippen molar-refractivity contribution in [2.45, 2.75) is 239 Å². The van der Waals surface area contributed by atoms with Crippen LogP contribution < -0.4 is 0 Å². The highest BCUT2D eigenvalue weighted by Crippen LogP contribution is 2.14. The normalized spacial score (nSPS) is 12.5. The quantitative estimate of drug-likeness (QED) is 0.0264. The third-order valence-corrected chi connectivity index (χ3v) is 10.3. The predicted octanol–water partition coefficient (Wildman–Crippen LogP) is 15.7. The number of ether oxygens (including phenoxy) is 3. The molecule has 0 radical (unpaired) electrons. The molecule has 0 amide bonds. The molecule has 0 heterocycles. The molecular formula is C52H90O6. The maximum absolute atomic E-state index is 12.7. The van der Waals surface area contributed by atoms with E-state index < -0.39 is 6.10 Å². The molecule has 0 aromatic carbocycles. The third-order valence-electron chi connectivity index (χ3n) is 10.3. The largest absolute Gasteiger partial charge is 0.462 e. The second-order valence-corrected chi connectivity index (χ2v) is 16.1. The lowest BCUT2D eigenvalue weighted by atomic mass is 10.0. The minimum absolute atomic E-state index is 0.0852. The minimum Gasteiger partial charge on any atom is -0.462 e. The molecule has 6 heteroatoms. The Morgan fingerprint density at radius 3 is 1.09 bits per heavy atom. The molecule has 0 aliphatic heterocycles. The fraction of sp³-hybridized carbons (Fsp3) is 0.750. The first-order valence-electron chi connectivity index (χ1n) is 24.3. The Hall–Kier alpha value is -2.89. The summed E-state index contributed by atoms with van der Waals surface area (Å²) in [4.78, 5) is 37.8. The van der Waals surface area contributed by atoms with Gasteiger partial charge in [0.25, 0.3) is 0 Å². The van der Waals surface area contributed by atoms with Crippen molar-refractivity contribution in [1.82, 2.24) is 0 Å². The van der Waals surface area contributed by atoms with Gasteiger partial charge in [-0.15, -0.1) is 0 Å². The van der Waals surface area contributed by atoms with E-state index in [0.29, 0.717) is 19.3 Å². The molecule has 0 saturated carbocycles. The van der Waals surface area contributed by atoms with Crippen LogP contribution in [0.1, 0.15) is 233 Å². The number of carbonyl (C=O) groups is 3. The Morgan fingerprint density at radius 1 is 0.362 bits per heavy atom. The van der Waals surface area contributed by atoms with E-state index in [4.69, 9.17) is 14.2 Å². The summed E-state index contributed by atoms with van der Waals surface area (Å²) in [6.45, 7) is 6.44. The Balaban J connectivity index is 4.42. The van der Waals surface area contributed by atoms with Crippen molar-refractivity contribution in [3.63, 3.8) is 0 Å². The van der Waals surface area contributed by atoms with Crippen LogP contribution in [0.4, 0.5) is 0 Å². The van der Waals surface area contributed by atoms with E-state index in [1.165, 1.54) is 103 Å². The van der Waals surface area contributed by atoms with Crippen LogP contribution in [0.2, 0.25) is 0 Å². The highest BCUT2D eigenvalue weighted by Gasteiger charge is 2.19. The lowest BCUT2D eigenvalue weighted by Gasteiger charge is -2.18. The fourth-order valence-corrected chi connectivity index (χ4v) is 6.67. The molecule has 0 aliphatic rings. The highest BCUT2D eigenvalue weighted by molar-refractivity contribution is 5.71. The Kier molecular flexibility index (Phi) is 44.5. The molecule has 0 saturated heterocycles. The zero-order valence-corrected chi connectivity index (χ0v) is 38.0. The topological polar surface area (TPSA) is 78.9 Å². The molecule has 1 unspecified atom stereocenters. The molecule has 58 heavy (non-hydrogen) atoms. The molecule has 0 N–H and O–H groups in total. The van der Waals surface area contributed by atoms with Gasteiger partial charge < -0.3 is 14.2 Å². The van der Waals surface area contributed by atoms with Gasteiger partial charge >= 0.3 is 17.9 Å². The van der Waals surface area contributed by atoms with Gasteiger partial charge in [0, 0.05) is 19.3 Å². The molecule has 0 aromatic heterocycles. The molecule has 0 aromatic rings. The SMILES string of the molecule is CC\C=C/C=C\C=C/CCCCCCCC(=O)OC(COC(=O)CCCCCCCC/C=C\C=C/CCCCC)COC(=O)CCCCCCCCCCCCCC. The van der Waals surface area contributed by atoms with Gasteiger partial charge in [0.15, 0.2) is 6.10 Å². The van der Waals surface area contributed by atoms with E-state index in [-0.39, 0.29) is 31.1 Å². The van der Waals surface area contributed by atoms with E-state index in [9.17, 15) is 14.4 Å². The number of unbranched alkanes of at least 4 members (excludes halogenated alkanes) is 25. The lowest BCUT2D eigenvalue weighted by molar-refractivity contribution is -0.167. The molecule has 0 bridgehead atoms. The summed E-state index contributed by atoms with van der Waals surface area (Å²) in [7, 11) is 0. The summed E-state index contributed by atoms with van der Waals surface area (Å²) in [5, 5.41) is 0. The molecule has 0 fully saturated rings. The molecule has 0 spiro atoms. The van der Waals surface area contributed by atoms with Crippen LogP contribution >= 0.6 is 0 Å². The first-order valence-corrected chi connectivity index (χ1v) is 24.3. The lowest BCUT2D eigenvalue weighted by Crippen LogP contribution is -2.30. The summed E-state index contributed by atoms with van der Waals surface area (Å²) < 4.78 is 16.7. The monoisotopic (exact) mass is 811 g/mol. The first kappa shape index (κ1) is 55.1. The van der Waals surface area contributed by atoms with E-state index in [1.807, 2.05) is 0 Å². The van der Waals surface area contributed by atoms with Crippen LogP contribution in [0, 0.1) is 0 Å². The average Bonchev–Trinajstić information content (AvgIpc) is 3.22. The summed E-state index contributed by atoms with van der Waals surface area (Å²) in [5.41, 5.74) is 0. The van der Waals surface area contributed by atoms with Crippen LogP contribution in [0.5, 0.6) is 0 Å². The number of esters is 3. The Labute approximate surface area is 358 Å². The fourth-order valence-electron chi connectivity index (χ4n) is 6.67. The average molecular weight is 811 g/mol. The molecule has 334 valence electrons. The zero-order valence-electron chi connectivity index (χ0n) is 38.0. The number of rotatable bonds is 43. The maximum atomic E-state index is 12.7. The van der Waals surface area contributed by atoms with Crippen LogP contribution in [0.15, 0.2) is 60.8 Å². The first-order chi connectivity index (χ1) is 28.5. The van der Waals surface area contributed by atoms with E-state index in [1.54, 1.807) is 0 Å². The number of hydrogen-bond donors (Lipinski definition) is 0. The Bertz CT molecular complexity index is 1070. The number of carbonyl (C=O) groups excluding carboxylic acids is 3. The molecule has 0 rings (SSSR count). The van der Waals surface area contributed by atoms with Crippen molar-refractivity contribution in [2.24, 2.45) is 0 Å².